The minimum Gasteiger partial charge on any atom is -0.376 e. The third-order valence-electron chi connectivity index (χ3n) is 5.15. The number of hydrogen-bond acceptors (Lipinski definition) is 4. The molecule has 5 nitrogen and oxygen atoms in total. The highest BCUT2D eigenvalue weighted by Crippen LogP contribution is 2.30. The Morgan fingerprint density at radius 1 is 1.11 bits per heavy atom. The molecule has 1 fully saturated rings. The molecule has 142 valence electrons. The van der Waals surface area contributed by atoms with Crippen molar-refractivity contribution in [2.45, 2.75) is 44.6 Å². The molecule has 0 radical (unpaired) electrons. The number of fused-ring (bicyclic) bond motifs is 1. The summed E-state index contributed by atoms with van der Waals surface area (Å²) in [7, 11) is 0. The van der Waals surface area contributed by atoms with Crippen molar-refractivity contribution in [1.29, 1.82) is 0 Å². The number of rotatable bonds is 5. The highest BCUT2D eigenvalue weighted by molar-refractivity contribution is 7.14. The summed E-state index contributed by atoms with van der Waals surface area (Å²) < 4.78 is 5.55. The van der Waals surface area contributed by atoms with E-state index in [0.29, 0.717) is 17.8 Å². The number of aryl methyl sites for hydroxylation is 2. The van der Waals surface area contributed by atoms with Gasteiger partial charge in [0.15, 0.2) is 0 Å². The summed E-state index contributed by atoms with van der Waals surface area (Å²) in [5, 5.41) is 5.85. The maximum atomic E-state index is 12.7. The Labute approximate surface area is 163 Å². The van der Waals surface area contributed by atoms with Crippen molar-refractivity contribution in [3.63, 3.8) is 0 Å². The van der Waals surface area contributed by atoms with Crippen LogP contribution in [-0.2, 0) is 17.6 Å². The van der Waals surface area contributed by atoms with Crippen LogP contribution < -0.4 is 10.6 Å². The lowest BCUT2D eigenvalue weighted by atomic mass is 9.99. The summed E-state index contributed by atoms with van der Waals surface area (Å²) in [4.78, 5) is 27.4. The Kier molecular flexibility index (Phi) is 5.55. The van der Waals surface area contributed by atoms with Gasteiger partial charge in [-0.05, 0) is 62.3 Å². The van der Waals surface area contributed by atoms with E-state index in [9.17, 15) is 9.59 Å². The molecule has 0 saturated carbocycles. The normalized spacial score (nSPS) is 18.7. The molecular formula is C21H24N2O3S. The average Bonchev–Trinajstić information content (AvgIpc) is 3.36. The van der Waals surface area contributed by atoms with Gasteiger partial charge >= 0.3 is 0 Å². The number of carbonyl (C=O) groups is 2. The first kappa shape index (κ1) is 18.2. The zero-order chi connectivity index (χ0) is 18.6. The van der Waals surface area contributed by atoms with E-state index >= 15 is 0 Å². The van der Waals surface area contributed by atoms with Crippen molar-refractivity contribution in [3.05, 3.63) is 51.2 Å². The molecule has 1 saturated heterocycles. The smallest absolute Gasteiger partial charge is 0.265 e. The zero-order valence-corrected chi connectivity index (χ0v) is 16.1. The summed E-state index contributed by atoms with van der Waals surface area (Å²) in [6, 6.07) is 9.15. The Hall–Kier alpha value is -2.18. The molecule has 0 unspecified atom stereocenters. The van der Waals surface area contributed by atoms with Crippen molar-refractivity contribution in [2.24, 2.45) is 0 Å². The molecule has 0 bridgehead atoms. The fourth-order valence-electron chi connectivity index (χ4n) is 3.68. The zero-order valence-electron chi connectivity index (χ0n) is 15.3. The molecule has 2 amide bonds. The van der Waals surface area contributed by atoms with Gasteiger partial charge in [0.1, 0.15) is 0 Å². The predicted molar refractivity (Wildman–Crippen MR) is 107 cm³/mol. The summed E-state index contributed by atoms with van der Waals surface area (Å²) in [5.41, 5.74) is 2.32. The number of anilines is 1. The number of hydrogen-bond donors (Lipinski definition) is 2. The van der Waals surface area contributed by atoms with Crippen molar-refractivity contribution in [1.82, 2.24) is 5.32 Å². The predicted octanol–water partition coefficient (Wildman–Crippen LogP) is 3.79. The second-order valence-electron chi connectivity index (χ2n) is 7.11. The molecule has 2 aliphatic rings. The standard InChI is InChI=1S/C21H24N2O3S/c24-20(22-13-15-7-5-11-26-15)16-8-2-3-9-17(16)23-21(25)19-12-14-6-1-4-10-18(14)27-19/h2-3,8-9,12,15H,1,4-7,10-11,13H2,(H,22,24)(H,23,25)/t15-/m1/s1. The second kappa shape index (κ2) is 8.23. The summed E-state index contributed by atoms with van der Waals surface area (Å²) >= 11 is 1.57. The van der Waals surface area contributed by atoms with E-state index in [2.05, 4.69) is 10.6 Å². The van der Waals surface area contributed by atoms with Gasteiger partial charge in [-0.3, -0.25) is 9.59 Å². The Balaban J connectivity index is 1.44. The van der Waals surface area contributed by atoms with Crippen LogP contribution in [0.3, 0.4) is 0 Å². The number of para-hydroxylation sites is 1. The fourth-order valence-corrected chi connectivity index (χ4v) is 4.83. The third kappa shape index (κ3) is 4.22. The van der Waals surface area contributed by atoms with E-state index in [0.717, 1.165) is 37.2 Å². The van der Waals surface area contributed by atoms with Crippen molar-refractivity contribution < 1.29 is 14.3 Å². The van der Waals surface area contributed by atoms with Gasteiger partial charge in [-0.15, -0.1) is 11.3 Å². The summed E-state index contributed by atoms with van der Waals surface area (Å²) in [6.07, 6.45) is 6.62. The van der Waals surface area contributed by atoms with Crippen LogP contribution in [-0.4, -0.2) is 31.1 Å². The van der Waals surface area contributed by atoms with Crippen molar-refractivity contribution >= 4 is 28.8 Å². The number of benzene rings is 1. The molecule has 4 rings (SSSR count). The van der Waals surface area contributed by atoms with Gasteiger partial charge < -0.3 is 15.4 Å². The number of amides is 2. The average molecular weight is 385 g/mol. The van der Waals surface area contributed by atoms with Crippen LogP contribution in [0, 0.1) is 0 Å². The van der Waals surface area contributed by atoms with E-state index in [1.54, 1.807) is 29.5 Å². The first-order valence-electron chi connectivity index (χ1n) is 9.62. The number of thiophene rings is 1. The molecule has 1 atom stereocenters. The van der Waals surface area contributed by atoms with Crippen LogP contribution in [0.15, 0.2) is 30.3 Å². The van der Waals surface area contributed by atoms with E-state index < -0.39 is 0 Å². The number of ether oxygens (including phenoxy) is 1. The minimum absolute atomic E-state index is 0.0909. The maximum absolute atomic E-state index is 12.7. The highest BCUT2D eigenvalue weighted by Gasteiger charge is 2.20. The van der Waals surface area contributed by atoms with Crippen LogP contribution in [0.1, 0.15) is 56.2 Å². The van der Waals surface area contributed by atoms with Gasteiger partial charge in [-0.25, -0.2) is 0 Å². The third-order valence-corrected chi connectivity index (χ3v) is 6.39. The molecule has 1 aromatic carbocycles. The molecule has 6 heteroatoms. The first-order valence-corrected chi connectivity index (χ1v) is 10.4. The summed E-state index contributed by atoms with van der Waals surface area (Å²) in [5.74, 6) is -0.333. The molecule has 1 aliphatic carbocycles. The number of nitrogens with one attached hydrogen (secondary N) is 2. The van der Waals surface area contributed by atoms with E-state index in [4.69, 9.17) is 4.74 Å². The number of carbonyl (C=O) groups excluding carboxylic acids is 2. The van der Waals surface area contributed by atoms with Crippen LogP contribution in [0.4, 0.5) is 5.69 Å². The highest BCUT2D eigenvalue weighted by atomic mass is 32.1. The van der Waals surface area contributed by atoms with E-state index in [1.165, 1.54) is 23.3 Å². The quantitative estimate of drug-likeness (QED) is 0.824. The minimum atomic E-state index is -0.188. The largest absolute Gasteiger partial charge is 0.376 e. The van der Waals surface area contributed by atoms with Crippen LogP contribution >= 0.6 is 11.3 Å². The molecule has 1 aromatic heterocycles. The summed E-state index contributed by atoms with van der Waals surface area (Å²) in [6.45, 7) is 1.26. The van der Waals surface area contributed by atoms with Gasteiger partial charge in [0.05, 0.1) is 22.2 Å². The lowest BCUT2D eigenvalue weighted by molar-refractivity contribution is 0.0858. The van der Waals surface area contributed by atoms with Crippen molar-refractivity contribution in [2.75, 3.05) is 18.5 Å². The Morgan fingerprint density at radius 3 is 2.78 bits per heavy atom. The molecule has 2 aromatic rings. The lowest BCUT2D eigenvalue weighted by Crippen LogP contribution is -2.32. The van der Waals surface area contributed by atoms with Crippen LogP contribution in [0.2, 0.25) is 0 Å². The Bertz CT molecular complexity index is 816. The second-order valence-corrected chi connectivity index (χ2v) is 8.25. The van der Waals surface area contributed by atoms with E-state index in [-0.39, 0.29) is 17.9 Å². The topological polar surface area (TPSA) is 67.4 Å². The van der Waals surface area contributed by atoms with E-state index in [1.807, 2.05) is 12.1 Å². The van der Waals surface area contributed by atoms with Crippen molar-refractivity contribution in [3.8, 4) is 0 Å². The molecular weight excluding hydrogens is 360 g/mol. The fraction of sp³-hybridized carbons (Fsp3) is 0.429. The Morgan fingerprint density at radius 2 is 1.96 bits per heavy atom. The molecule has 1 aliphatic heterocycles. The SMILES string of the molecule is O=C(Nc1ccccc1C(=O)NC[C@H]1CCCO1)c1cc2c(s1)CCCC2. The van der Waals surface area contributed by atoms with Gasteiger partial charge in [0, 0.05) is 18.0 Å². The van der Waals surface area contributed by atoms with Gasteiger partial charge in [0.25, 0.3) is 11.8 Å². The van der Waals surface area contributed by atoms with Gasteiger partial charge in [0.2, 0.25) is 0 Å². The van der Waals surface area contributed by atoms with Gasteiger partial charge in [-0.2, -0.15) is 0 Å². The molecule has 27 heavy (non-hydrogen) atoms. The first-order chi connectivity index (χ1) is 13.2. The monoisotopic (exact) mass is 384 g/mol. The molecule has 0 spiro atoms. The lowest BCUT2D eigenvalue weighted by Gasteiger charge is -2.13. The molecule has 2 heterocycles. The molecule has 2 N–H and O–H groups in total. The maximum Gasteiger partial charge on any atom is 0.265 e. The van der Waals surface area contributed by atoms with Crippen LogP contribution in [0.5, 0.6) is 0 Å². The van der Waals surface area contributed by atoms with Gasteiger partial charge in [-0.1, -0.05) is 12.1 Å². The van der Waals surface area contributed by atoms with Crippen LogP contribution in [0.25, 0.3) is 0 Å².